The summed E-state index contributed by atoms with van der Waals surface area (Å²) >= 11 is 7.64. The number of hydrogen-bond donors (Lipinski definition) is 2. The molecule has 8 heteroatoms. The SMILES string of the molecule is COc1c(CN)cc(Cl)cc1S(=O)(=O)NCC(C)CSC. The van der Waals surface area contributed by atoms with Gasteiger partial charge in [0, 0.05) is 23.7 Å². The number of halogens is 1. The van der Waals surface area contributed by atoms with Gasteiger partial charge in [0.15, 0.2) is 0 Å². The molecule has 5 nitrogen and oxygen atoms in total. The topological polar surface area (TPSA) is 81.4 Å². The summed E-state index contributed by atoms with van der Waals surface area (Å²) in [6.45, 7) is 2.49. The highest BCUT2D eigenvalue weighted by Crippen LogP contribution is 2.31. The van der Waals surface area contributed by atoms with E-state index in [-0.39, 0.29) is 23.1 Å². The lowest BCUT2D eigenvalue weighted by molar-refractivity contribution is 0.397. The third-order valence-corrected chi connectivity index (χ3v) is 5.43. The van der Waals surface area contributed by atoms with E-state index in [2.05, 4.69) is 4.72 Å². The van der Waals surface area contributed by atoms with E-state index in [0.29, 0.717) is 17.1 Å². The number of sulfonamides is 1. The van der Waals surface area contributed by atoms with Gasteiger partial charge >= 0.3 is 0 Å². The van der Waals surface area contributed by atoms with Gasteiger partial charge in [0.2, 0.25) is 10.0 Å². The molecule has 21 heavy (non-hydrogen) atoms. The van der Waals surface area contributed by atoms with Crippen LogP contribution in [0, 0.1) is 5.92 Å². The lowest BCUT2D eigenvalue weighted by atomic mass is 10.2. The molecule has 0 fully saturated rings. The van der Waals surface area contributed by atoms with Crippen LogP contribution < -0.4 is 15.2 Å². The molecule has 0 saturated carbocycles. The van der Waals surface area contributed by atoms with Crippen molar-refractivity contribution in [2.75, 3.05) is 25.7 Å². The minimum Gasteiger partial charge on any atom is -0.495 e. The highest BCUT2D eigenvalue weighted by molar-refractivity contribution is 7.98. The van der Waals surface area contributed by atoms with Crippen LogP contribution in [0.3, 0.4) is 0 Å². The van der Waals surface area contributed by atoms with Crippen molar-refractivity contribution in [2.24, 2.45) is 11.7 Å². The minimum absolute atomic E-state index is 0.0225. The van der Waals surface area contributed by atoms with E-state index in [1.165, 1.54) is 13.2 Å². The van der Waals surface area contributed by atoms with Gasteiger partial charge in [-0.05, 0) is 30.1 Å². The molecule has 120 valence electrons. The Morgan fingerprint density at radius 3 is 2.67 bits per heavy atom. The maximum atomic E-state index is 12.4. The minimum atomic E-state index is -3.70. The average molecular weight is 353 g/mol. The molecule has 0 bridgehead atoms. The van der Waals surface area contributed by atoms with Crippen LogP contribution in [0.25, 0.3) is 0 Å². The zero-order chi connectivity index (χ0) is 16.0. The molecule has 0 amide bonds. The highest BCUT2D eigenvalue weighted by Gasteiger charge is 2.23. The smallest absolute Gasteiger partial charge is 0.244 e. The summed E-state index contributed by atoms with van der Waals surface area (Å²) in [5, 5.41) is 0.314. The quantitative estimate of drug-likeness (QED) is 0.748. The van der Waals surface area contributed by atoms with Crippen molar-refractivity contribution in [3.63, 3.8) is 0 Å². The van der Waals surface area contributed by atoms with E-state index in [4.69, 9.17) is 22.1 Å². The predicted molar refractivity (Wildman–Crippen MR) is 88.6 cm³/mol. The molecule has 1 unspecified atom stereocenters. The van der Waals surface area contributed by atoms with Crippen molar-refractivity contribution in [3.8, 4) is 5.75 Å². The van der Waals surface area contributed by atoms with Crippen molar-refractivity contribution in [1.29, 1.82) is 0 Å². The van der Waals surface area contributed by atoms with E-state index in [9.17, 15) is 8.42 Å². The molecule has 1 atom stereocenters. The van der Waals surface area contributed by atoms with Gasteiger partial charge in [-0.2, -0.15) is 11.8 Å². The van der Waals surface area contributed by atoms with Crippen molar-refractivity contribution >= 4 is 33.4 Å². The summed E-state index contributed by atoms with van der Waals surface area (Å²) < 4.78 is 32.7. The van der Waals surface area contributed by atoms with Crippen LogP contribution in [-0.2, 0) is 16.6 Å². The number of rotatable bonds is 8. The van der Waals surface area contributed by atoms with Crippen LogP contribution in [-0.4, -0.2) is 34.1 Å². The van der Waals surface area contributed by atoms with E-state index >= 15 is 0 Å². The van der Waals surface area contributed by atoms with Gasteiger partial charge in [-0.25, -0.2) is 13.1 Å². The summed E-state index contributed by atoms with van der Waals surface area (Å²) in [5.41, 5.74) is 6.17. The van der Waals surface area contributed by atoms with Crippen LogP contribution >= 0.6 is 23.4 Å². The first kappa shape index (κ1) is 18.6. The summed E-state index contributed by atoms with van der Waals surface area (Å²) in [7, 11) is -2.28. The third-order valence-electron chi connectivity index (χ3n) is 2.88. The molecular weight excluding hydrogens is 332 g/mol. The number of thioether (sulfide) groups is 1. The molecule has 0 aliphatic rings. The molecule has 0 spiro atoms. The number of nitrogens with one attached hydrogen (secondary N) is 1. The van der Waals surface area contributed by atoms with Crippen LogP contribution in [0.2, 0.25) is 5.02 Å². The molecule has 1 aromatic carbocycles. The van der Waals surface area contributed by atoms with E-state index in [0.717, 1.165) is 5.75 Å². The number of benzene rings is 1. The molecular formula is C13H21ClN2O3S2. The molecule has 0 heterocycles. The number of nitrogens with two attached hydrogens (primary N) is 1. The van der Waals surface area contributed by atoms with Crippen molar-refractivity contribution in [3.05, 3.63) is 22.7 Å². The Balaban J connectivity index is 3.10. The van der Waals surface area contributed by atoms with E-state index in [1.54, 1.807) is 17.8 Å². The van der Waals surface area contributed by atoms with Gasteiger partial charge in [0.1, 0.15) is 10.6 Å². The zero-order valence-corrected chi connectivity index (χ0v) is 14.7. The van der Waals surface area contributed by atoms with Gasteiger partial charge in [-0.3, -0.25) is 0 Å². The third kappa shape index (κ3) is 5.03. The predicted octanol–water partition coefficient (Wildman–Crippen LogP) is 2.08. The largest absolute Gasteiger partial charge is 0.495 e. The zero-order valence-electron chi connectivity index (χ0n) is 12.3. The monoisotopic (exact) mass is 352 g/mol. The van der Waals surface area contributed by atoms with Crippen LogP contribution in [0.5, 0.6) is 5.75 Å². The van der Waals surface area contributed by atoms with Crippen LogP contribution in [0.4, 0.5) is 0 Å². The molecule has 3 N–H and O–H groups in total. The summed E-state index contributed by atoms with van der Waals surface area (Å²) in [6, 6.07) is 2.98. The Morgan fingerprint density at radius 1 is 1.48 bits per heavy atom. The average Bonchev–Trinajstić information content (AvgIpc) is 2.44. The summed E-state index contributed by atoms with van der Waals surface area (Å²) in [5.74, 6) is 1.35. The molecule has 0 aliphatic heterocycles. The Morgan fingerprint density at radius 2 is 2.14 bits per heavy atom. The second-order valence-electron chi connectivity index (χ2n) is 4.71. The Bertz CT molecular complexity index is 579. The fourth-order valence-corrected chi connectivity index (χ4v) is 4.27. The Kier molecular flexibility index (Phi) is 7.29. The van der Waals surface area contributed by atoms with Crippen molar-refractivity contribution in [1.82, 2.24) is 4.72 Å². The maximum absolute atomic E-state index is 12.4. The second-order valence-corrected chi connectivity index (χ2v) is 7.80. The van der Waals surface area contributed by atoms with Crippen LogP contribution in [0.1, 0.15) is 12.5 Å². The Labute approximate surface area is 135 Å². The van der Waals surface area contributed by atoms with Crippen LogP contribution in [0.15, 0.2) is 17.0 Å². The fourth-order valence-electron chi connectivity index (χ4n) is 1.88. The Hall–Kier alpha value is -0.470. The molecule has 0 saturated heterocycles. The first-order valence-corrected chi connectivity index (χ1v) is 9.66. The second kappa shape index (κ2) is 8.24. The number of hydrogen-bond acceptors (Lipinski definition) is 5. The lowest BCUT2D eigenvalue weighted by Crippen LogP contribution is -2.29. The first-order chi connectivity index (χ1) is 9.85. The highest BCUT2D eigenvalue weighted by atomic mass is 35.5. The van der Waals surface area contributed by atoms with Gasteiger partial charge < -0.3 is 10.5 Å². The van der Waals surface area contributed by atoms with Gasteiger partial charge in [-0.15, -0.1) is 0 Å². The number of methoxy groups -OCH3 is 1. The number of ether oxygens (including phenoxy) is 1. The molecule has 0 aliphatic carbocycles. The van der Waals surface area contributed by atoms with Gasteiger partial charge in [0.05, 0.1) is 7.11 Å². The summed E-state index contributed by atoms with van der Waals surface area (Å²) in [6.07, 6.45) is 1.98. The van der Waals surface area contributed by atoms with E-state index < -0.39 is 10.0 Å². The maximum Gasteiger partial charge on any atom is 0.244 e. The normalized spacial score (nSPS) is 13.2. The molecule has 0 aromatic heterocycles. The fraction of sp³-hybridized carbons (Fsp3) is 0.538. The summed E-state index contributed by atoms with van der Waals surface area (Å²) in [4.78, 5) is 0.0225. The van der Waals surface area contributed by atoms with Crippen molar-refractivity contribution < 1.29 is 13.2 Å². The lowest BCUT2D eigenvalue weighted by Gasteiger charge is -2.16. The van der Waals surface area contributed by atoms with Gasteiger partial charge in [-0.1, -0.05) is 18.5 Å². The van der Waals surface area contributed by atoms with Gasteiger partial charge in [0.25, 0.3) is 0 Å². The first-order valence-electron chi connectivity index (χ1n) is 6.40. The van der Waals surface area contributed by atoms with Crippen molar-refractivity contribution in [2.45, 2.75) is 18.4 Å². The molecule has 1 rings (SSSR count). The van der Waals surface area contributed by atoms with E-state index in [1.807, 2.05) is 13.2 Å². The molecule has 0 radical (unpaired) electrons. The standard InChI is InChI=1S/C13H21ClN2O3S2/c1-9(8-20-3)7-16-21(17,18)12-5-11(14)4-10(6-15)13(12)19-2/h4-5,9,16H,6-8,15H2,1-3H3. The molecule has 1 aromatic rings.